The molecular weight excluding hydrogens is 765 g/mol. The number of phenolic OH excluding ortho intramolecular Hbond substituents is 1. The number of halogens is 2. The number of ether oxygens (including phenoxy) is 3. The molecule has 55 heavy (non-hydrogen) atoms. The largest absolute Gasteiger partial charge is 0.508 e. The van der Waals surface area contributed by atoms with E-state index in [2.05, 4.69) is 12.2 Å². The monoisotopic (exact) mass is 811 g/mol. The van der Waals surface area contributed by atoms with Crippen LogP contribution in [0.15, 0.2) is 95.9 Å². The van der Waals surface area contributed by atoms with Gasteiger partial charge in [-0.2, -0.15) is 0 Å². The Morgan fingerprint density at radius 2 is 1.29 bits per heavy atom. The highest BCUT2D eigenvalue weighted by Crippen LogP contribution is 2.27. The number of phenols is 1. The minimum Gasteiger partial charge on any atom is -0.508 e. The average molecular weight is 813 g/mol. The molecule has 3 unspecified atom stereocenters. The van der Waals surface area contributed by atoms with Gasteiger partial charge in [0.05, 0.1) is 22.7 Å². The van der Waals surface area contributed by atoms with Gasteiger partial charge in [-0.25, -0.2) is 9.00 Å². The topological polar surface area (TPSA) is 137 Å². The van der Waals surface area contributed by atoms with Crippen LogP contribution in [0.3, 0.4) is 0 Å². The summed E-state index contributed by atoms with van der Waals surface area (Å²) >= 11 is 10.5. The van der Waals surface area contributed by atoms with E-state index in [0.29, 0.717) is 17.2 Å². The van der Waals surface area contributed by atoms with Gasteiger partial charge in [0.1, 0.15) is 23.0 Å². The summed E-state index contributed by atoms with van der Waals surface area (Å²) in [6.07, 6.45) is 9.65. The fraction of sp³-hybridized carbons (Fsp3) is 0.357. The average Bonchev–Trinajstić information content (AvgIpc) is 3.19. The van der Waals surface area contributed by atoms with E-state index in [1.165, 1.54) is 125 Å². The molecule has 0 spiro atoms. The van der Waals surface area contributed by atoms with Crippen molar-refractivity contribution in [3.8, 4) is 23.0 Å². The first-order valence-electron chi connectivity index (χ1n) is 18.4. The summed E-state index contributed by atoms with van der Waals surface area (Å²) < 4.78 is 35.2. The molecule has 0 heterocycles. The number of nitrogens with one attached hydrogen (secondary N) is 1. The van der Waals surface area contributed by atoms with Crippen molar-refractivity contribution in [2.45, 2.75) is 94.7 Å². The van der Waals surface area contributed by atoms with Crippen LogP contribution in [0.4, 0.5) is 5.69 Å². The minimum absolute atomic E-state index is 0.0386. The molecule has 3 atom stereocenters. The first kappa shape index (κ1) is 43.2. The van der Waals surface area contributed by atoms with Gasteiger partial charge in [0.15, 0.2) is 6.10 Å². The van der Waals surface area contributed by atoms with Gasteiger partial charge in [0.25, 0.3) is 5.91 Å². The summed E-state index contributed by atoms with van der Waals surface area (Å²) in [4.78, 5) is 40.4. The molecule has 13 heteroatoms. The van der Waals surface area contributed by atoms with Crippen molar-refractivity contribution in [1.29, 1.82) is 0 Å². The van der Waals surface area contributed by atoms with Gasteiger partial charge >= 0.3 is 5.97 Å². The molecule has 4 rings (SSSR count). The lowest BCUT2D eigenvalue weighted by molar-refractivity contribution is -0.149. The van der Waals surface area contributed by atoms with Crippen LogP contribution in [0.1, 0.15) is 87.9 Å². The van der Waals surface area contributed by atoms with Crippen molar-refractivity contribution in [2.24, 2.45) is 0 Å². The second-order valence-corrected chi connectivity index (χ2v) is 14.8. The molecular formula is C42H47Cl2NO9S. The summed E-state index contributed by atoms with van der Waals surface area (Å²) in [5, 5.41) is 12.6. The van der Waals surface area contributed by atoms with Gasteiger partial charge in [-0.05, 0) is 104 Å². The molecule has 0 radical (unpaired) electrons. The van der Waals surface area contributed by atoms with Gasteiger partial charge in [0, 0.05) is 10.6 Å². The summed E-state index contributed by atoms with van der Waals surface area (Å²) in [5.74, 6) is -1.18. The third-order valence-corrected chi connectivity index (χ3v) is 10.2. The van der Waals surface area contributed by atoms with Crippen molar-refractivity contribution in [1.82, 2.24) is 0 Å². The van der Waals surface area contributed by atoms with E-state index in [1.807, 2.05) is 0 Å². The number of carbonyl (C=O) groups excluding carboxylic acids is 3. The molecule has 0 bridgehead atoms. The van der Waals surface area contributed by atoms with Gasteiger partial charge in [-0.1, -0.05) is 87.9 Å². The van der Waals surface area contributed by atoms with Crippen molar-refractivity contribution >= 4 is 57.6 Å². The van der Waals surface area contributed by atoms with Crippen LogP contribution in [0.25, 0.3) is 0 Å². The zero-order valence-electron chi connectivity index (χ0n) is 31.0. The van der Waals surface area contributed by atoms with E-state index in [4.69, 9.17) is 41.6 Å². The van der Waals surface area contributed by atoms with Crippen molar-refractivity contribution in [2.75, 3.05) is 12.4 Å². The highest BCUT2D eigenvalue weighted by molar-refractivity contribution is 7.80. The Bertz CT molecular complexity index is 1850. The van der Waals surface area contributed by atoms with Crippen LogP contribution < -0.4 is 19.0 Å². The Morgan fingerprint density at radius 1 is 0.727 bits per heavy atom. The van der Waals surface area contributed by atoms with E-state index in [1.54, 1.807) is 18.2 Å². The Labute approximate surface area is 335 Å². The van der Waals surface area contributed by atoms with E-state index in [-0.39, 0.29) is 38.4 Å². The van der Waals surface area contributed by atoms with E-state index in [0.717, 1.165) is 19.3 Å². The number of esters is 1. The Morgan fingerprint density at radius 3 is 1.91 bits per heavy atom. The third kappa shape index (κ3) is 14.2. The minimum atomic E-state index is -1.91. The van der Waals surface area contributed by atoms with Crippen molar-refractivity contribution in [3.05, 3.63) is 107 Å². The van der Waals surface area contributed by atoms with E-state index < -0.39 is 40.9 Å². The van der Waals surface area contributed by atoms with Gasteiger partial charge in [0.2, 0.25) is 23.0 Å². The fourth-order valence-electron chi connectivity index (χ4n) is 5.61. The number of anilines is 1. The molecule has 0 aliphatic carbocycles. The maximum absolute atomic E-state index is 13.9. The smallest absolute Gasteiger partial charge is 0.347 e. The zero-order chi connectivity index (χ0) is 39.6. The number of amides is 1. The van der Waals surface area contributed by atoms with Crippen LogP contribution in [-0.2, 0) is 25.4 Å². The van der Waals surface area contributed by atoms with Crippen LogP contribution >= 0.6 is 23.2 Å². The van der Waals surface area contributed by atoms with Crippen molar-refractivity contribution < 1.29 is 42.1 Å². The summed E-state index contributed by atoms with van der Waals surface area (Å²) in [7, 11) is 1.32. The number of aromatic hydroxyl groups is 1. The maximum atomic E-state index is 13.9. The predicted octanol–water partition coefficient (Wildman–Crippen LogP) is 10.3. The SMILES string of the molecule is CCCCCCCCCCCCC(Oc1ccc(C(=O)C(Oc2ccc(S(=O)Oc3ccc(O)cc3)cc2)C(=O)Nc2cc(Cl)ccc2Cl)cc1)C(=O)OC. The standard InChI is InChI=1S/C42H47Cl2NO9S/c1-3-4-5-6-7-8-9-10-11-12-13-38(42(49)51-2)52-32-19-14-29(15-20-32)39(47)40(41(48)45-37-28-30(43)16-27-36(37)44)53-33-23-25-35(26-24-33)55(50)54-34-21-17-31(46)18-22-34/h14-28,38,40,46H,3-13H2,1-2H3,(H,45,48). The third-order valence-electron chi connectivity index (χ3n) is 8.64. The van der Waals surface area contributed by atoms with Crippen molar-refractivity contribution in [3.63, 3.8) is 0 Å². The molecule has 10 nitrogen and oxygen atoms in total. The quantitative estimate of drug-likeness (QED) is 0.0324. The molecule has 0 saturated heterocycles. The molecule has 0 aromatic heterocycles. The number of benzene rings is 4. The first-order valence-corrected chi connectivity index (χ1v) is 20.2. The van der Waals surface area contributed by atoms with Gasteiger partial charge in [-0.15, -0.1) is 0 Å². The van der Waals surface area contributed by atoms with Crippen LogP contribution in [0.5, 0.6) is 23.0 Å². The number of methoxy groups -OCH3 is 1. The molecule has 1 amide bonds. The number of Topliss-reactive ketones (excluding diaryl/α,β-unsaturated/α-hetero) is 1. The lowest BCUT2D eigenvalue weighted by Crippen LogP contribution is -2.40. The number of ketones is 1. The second kappa shape index (κ2) is 22.7. The normalized spacial score (nSPS) is 12.6. The predicted molar refractivity (Wildman–Crippen MR) is 215 cm³/mol. The highest BCUT2D eigenvalue weighted by atomic mass is 35.5. The lowest BCUT2D eigenvalue weighted by atomic mass is 10.0. The Balaban J connectivity index is 1.42. The molecule has 294 valence electrons. The van der Waals surface area contributed by atoms with Gasteiger partial charge < -0.3 is 28.8 Å². The molecule has 0 fully saturated rings. The number of unbranched alkanes of at least 4 members (excludes halogenated alkanes) is 9. The zero-order valence-corrected chi connectivity index (χ0v) is 33.3. The Hall–Kier alpha value is -4.58. The second-order valence-electron chi connectivity index (χ2n) is 12.9. The Kier molecular flexibility index (Phi) is 17.8. The highest BCUT2D eigenvalue weighted by Gasteiger charge is 2.31. The summed E-state index contributed by atoms with van der Waals surface area (Å²) in [6.45, 7) is 2.22. The molecule has 4 aromatic rings. The first-order chi connectivity index (χ1) is 26.6. The number of rotatable bonds is 23. The van der Waals surface area contributed by atoms with Crippen LogP contribution in [-0.4, -0.2) is 46.3 Å². The maximum Gasteiger partial charge on any atom is 0.347 e. The van der Waals surface area contributed by atoms with E-state index >= 15 is 0 Å². The number of hydrogen-bond acceptors (Lipinski definition) is 9. The number of carbonyl (C=O) groups is 3. The van der Waals surface area contributed by atoms with Crippen LogP contribution in [0, 0.1) is 0 Å². The molecule has 0 aliphatic heterocycles. The fourth-order valence-corrected chi connectivity index (χ4v) is 6.68. The van der Waals surface area contributed by atoms with E-state index in [9.17, 15) is 23.7 Å². The van der Waals surface area contributed by atoms with Crippen LogP contribution in [0.2, 0.25) is 10.0 Å². The molecule has 0 saturated carbocycles. The summed E-state index contributed by atoms with van der Waals surface area (Å²) in [6, 6.07) is 22.2. The van der Waals surface area contributed by atoms with Gasteiger partial charge in [-0.3, -0.25) is 9.59 Å². The molecule has 0 aliphatic rings. The molecule has 4 aromatic carbocycles. The molecule has 2 N–H and O–H groups in total. The lowest BCUT2D eigenvalue weighted by Gasteiger charge is -2.19. The number of hydrogen-bond donors (Lipinski definition) is 2. The summed E-state index contributed by atoms with van der Waals surface area (Å²) in [5.41, 5.74) is 0.312.